The van der Waals surface area contributed by atoms with Crippen LogP contribution >= 0.6 is 11.8 Å². The monoisotopic (exact) mass is 341 g/mol. The molecule has 128 valence electrons. The van der Waals surface area contributed by atoms with Crippen molar-refractivity contribution in [2.45, 2.75) is 43.9 Å². The molecular weight excluding hydrogens is 316 g/mol. The first-order valence-corrected chi connectivity index (χ1v) is 9.43. The first-order chi connectivity index (χ1) is 11.1. The number of nitrogens with one attached hydrogen (secondary N) is 2. The number of hydrogen-bond donors (Lipinski definition) is 2. The molecule has 1 aromatic rings. The molecule has 1 aliphatic carbocycles. The predicted molar refractivity (Wildman–Crippen MR) is 94.1 cm³/mol. The Morgan fingerprint density at radius 3 is 2.87 bits per heavy atom. The standard InChI is InChI=1S/C17H25F2N3S/c1-3-20-17(22-13-7-8-14(11-13)23-2)21-10-9-12-5-4-6-15(18)16(12)19/h4-6,13-14H,3,7-11H2,1-2H3,(H2,20,21,22). The minimum absolute atomic E-state index is 0.368. The Kier molecular flexibility index (Phi) is 7.15. The molecule has 0 aromatic heterocycles. The first kappa shape index (κ1) is 18.0. The molecule has 0 amide bonds. The molecule has 6 heteroatoms. The van der Waals surface area contributed by atoms with E-state index in [2.05, 4.69) is 21.9 Å². The van der Waals surface area contributed by atoms with Crippen LogP contribution in [-0.4, -0.2) is 36.6 Å². The molecule has 0 aliphatic heterocycles. The van der Waals surface area contributed by atoms with Crippen LogP contribution in [0.5, 0.6) is 0 Å². The predicted octanol–water partition coefficient (Wildman–Crippen LogP) is 3.35. The van der Waals surface area contributed by atoms with Gasteiger partial charge in [0.1, 0.15) is 0 Å². The van der Waals surface area contributed by atoms with Gasteiger partial charge in [0.05, 0.1) is 0 Å². The van der Waals surface area contributed by atoms with E-state index in [1.54, 1.807) is 6.07 Å². The van der Waals surface area contributed by atoms with E-state index in [9.17, 15) is 8.78 Å². The van der Waals surface area contributed by atoms with Crippen molar-refractivity contribution in [3.8, 4) is 0 Å². The molecule has 1 fully saturated rings. The van der Waals surface area contributed by atoms with Crippen LogP contribution in [0.4, 0.5) is 8.78 Å². The zero-order valence-electron chi connectivity index (χ0n) is 13.7. The van der Waals surface area contributed by atoms with Crippen molar-refractivity contribution in [2.75, 3.05) is 19.3 Å². The minimum Gasteiger partial charge on any atom is -0.357 e. The van der Waals surface area contributed by atoms with E-state index in [1.807, 2.05) is 18.7 Å². The summed E-state index contributed by atoms with van der Waals surface area (Å²) in [6, 6.07) is 4.71. The molecule has 1 saturated carbocycles. The number of benzene rings is 1. The average molecular weight is 341 g/mol. The Morgan fingerprint density at radius 2 is 2.17 bits per heavy atom. The number of hydrogen-bond acceptors (Lipinski definition) is 2. The molecule has 0 radical (unpaired) electrons. The molecule has 2 N–H and O–H groups in total. The molecule has 2 atom stereocenters. The van der Waals surface area contributed by atoms with Gasteiger partial charge in [-0.25, -0.2) is 8.78 Å². The van der Waals surface area contributed by atoms with Crippen LogP contribution in [0.15, 0.2) is 23.2 Å². The number of rotatable bonds is 6. The van der Waals surface area contributed by atoms with E-state index in [0.717, 1.165) is 36.7 Å². The summed E-state index contributed by atoms with van der Waals surface area (Å²) < 4.78 is 26.8. The fourth-order valence-corrected chi connectivity index (χ4v) is 3.62. The first-order valence-electron chi connectivity index (χ1n) is 8.14. The number of guanidine groups is 1. The largest absolute Gasteiger partial charge is 0.357 e. The van der Waals surface area contributed by atoms with Crippen LogP contribution in [-0.2, 0) is 6.42 Å². The SMILES string of the molecule is CCNC(=NCCc1cccc(F)c1F)NC1CCC(SC)C1. The lowest BCUT2D eigenvalue weighted by Gasteiger charge is -2.17. The van der Waals surface area contributed by atoms with Crippen molar-refractivity contribution in [1.29, 1.82) is 0 Å². The highest BCUT2D eigenvalue weighted by atomic mass is 32.2. The molecule has 0 saturated heterocycles. The van der Waals surface area contributed by atoms with Gasteiger partial charge in [-0.1, -0.05) is 12.1 Å². The molecule has 1 aliphatic rings. The van der Waals surface area contributed by atoms with E-state index in [4.69, 9.17) is 0 Å². The third kappa shape index (κ3) is 5.37. The molecule has 0 spiro atoms. The van der Waals surface area contributed by atoms with E-state index in [1.165, 1.54) is 12.5 Å². The lowest BCUT2D eigenvalue weighted by molar-refractivity contribution is 0.499. The molecule has 2 unspecified atom stereocenters. The molecule has 3 nitrogen and oxygen atoms in total. The second kappa shape index (κ2) is 9.11. The Balaban J connectivity index is 1.89. The van der Waals surface area contributed by atoms with Crippen LogP contribution < -0.4 is 10.6 Å². The average Bonchev–Trinajstić information content (AvgIpc) is 2.99. The summed E-state index contributed by atoms with van der Waals surface area (Å²) in [6.07, 6.45) is 6.06. The Morgan fingerprint density at radius 1 is 1.35 bits per heavy atom. The smallest absolute Gasteiger partial charge is 0.191 e. The fraction of sp³-hybridized carbons (Fsp3) is 0.588. The molecular formula is C17H25F2N3S. The molecule has 1 aromatic carbocycles. The van der Waals surface area contributed by atoms with Crippen molar-refractivity contribution in [1.82, 2.24) is 10.6 Å². The fourth-order valence-electron chi connectivity index (χ4n) is 2.83. The van der Waals surface area contributed by atoms with Crippen LogP contribution in [0.25, 0.3) is 0 Å². The summed E-state index contributed by atoms with van der Waals surface area (Å²) in [4.78, 5) is 4.49. The van der Waals surface area contributed by atoms with Crippen molar-refractivity contribution >= 4 is 17.7 Å². The summed E-state index contributed by atoms with van der Waals surface area (Å²) in [5.74, 6) is -0.805. The second-order valence-corrected chi connectivity index (χ2v) is 6.87. The number of aliphatic imine (C=N–C) groups is 1. The maximum Gasteiger partial charge on any atom is 0.191 e. The zero-order valence-corrected chi connectivity index (χ0v) is 14.6. The summed E-state index contributed by atoms with van der Waals surface area (Å²) in [5, 5.41) is 7.39. The van der Waals surface area contributed by atoms with E-state index >= 15 is 0 Å². The topological polar surface area (TPSA) is 36.4 Å². The van der Waals surface area contributed by atoms with Gasteiger partial charge in [0.15, 0.2) is 17.6 Å². The quantitative estimate of drug-likeness (QED) is 0.615. The van der Waals surface area contributed by atoms with Gasteiger partial charge in [-0.05, 0) is 50.5 Å². The minimum atomic E-state index is -0.800. The maximum absolute atomic E-state index is 13.6. The van der Waals surface area contributed by atoms with Crippen LogP contribution in [0.3, 0.4) is 0 Å². The van der Waals surface area contributed by atoms with Gasteiger partial charge in [-0.15, -0.1) is 0 Å². The van der Waals surface area contributed by atoms with Crippen LogP contribution in [0.1, 0.15) is 31.7 Å². The van der Waals surface area contributed by atoms with Crippen LogP contribution in [0, 0.1) is 11.6 Å². The van der Waals surface area contributed by atoms with E-state index < -0.39 is 11.6 Å². The van der Waals surface area contributed by atoms with Gasteiger partial charge in [0, 0.05) is 24.4 Å². The summed E-state index contributed by atoms with van der Waals surface area (Å²) >= 11 is 1.92. The van der Waals surface area contributed by atoms with Crippen molar-refractivity contribution in [2.24, 2.45) is 4.99 Å². The molecule has 0 heterocycles. The summed E-state index contributed by atoms with van der Waals surface area (Å²) in [6.45, 7) is 3.22. The highest BCUT2D eigenvalue weighted by Gasteiger charge is 2.24. The van der Waals surface area contributed by atoms with Gasteiger partial charge >= 0.3 is 0 Å². The van der Waals surface area contributed by atoms with E-state index in [0.29, 0.717) is 24.6 Å². The lowest BCUT2D eigenvalue weighted by Crippen LogP contribution is -2.42. The normalized spacial score (nSPS) is 21.5. The Bertz CT molecular complexity index is 537. The number of thioether (sulfide) groups is 1. The zero-order chi connectivity index (χ0) is 16.7. The Hall–Kier alpha value is -1.30. The Labute approximate surface area is 141 Å². The highest BCUT2D eigenvalue weighted by Crippen LogP contribution is 2.28. The molecule has 0 bridgehead atoms. The highest BCUT2D eigenvalue weighted by molar-refractivity contribution is 7.99. The van der Waals surface area contributed by atoms with Gasteiger partial charge in [-0.3, -0.25) is 4.99 Å². The van der Waals surface area contributed by atoms with Crippen molar-refractivity contribution in [3.63, 3.8) is 0 Å². The summed E-state index contributed by atoms with van der Waals surface area (Å²) in [7, 11) is 0. The van der Waals surface area contributed by atoms with Gasteiger partial charge in [0.25, 0.3) is 0 Å². The second-order valence-electron chi connectivity index (χ2n) is 5.74. The van der Waals surface area contributed by atoms with Gasteiger partial charge in [0.2, 0.25) is 0 Å². The van der Waals surface area contributed by atoms with Crippen LogP contribution in [0.2, 0.25) is 0 Å². The van der Waals surface area contributed by atoms with Crippen molar-refractivity contribution in [3.05, 3.63) is 35.4 Å². The third-order valence-electron chi connectivity index (χ3n) is 4.09. The van der Waals surface area contributed by atoms with Gasteiger partial charge in [-0.2, -0.15) is 11.8 Å². The maximum atomic E-state index is 13.6. The third-order valence-corrected chi connectivity index (χ3v) is 5.18. The lowest BCUT2D eigenvalue weighted by atomic mass is 10.1. The van der Waals surface area contributed by atoms with E-state index in [-0.39, 0.29) is 0 Å². The molecule has 2 rings (SSSR count). The number of halogens is 2. The molecule has 23 heavy (non-hydrogen) atoms. The van der Waals surface area contributed by atoms with Gasteiger partial charge < -0.3 is 10.6 Å². The van der Waals surface area contributed by atoms with Crippen molar-refractivity contribution < 1.29 is 8.78 Å². The number of nitrogens with zero attached hydrogens (tertiary/aromatic N) is 1. The summed E-state index contributed by atoms with van der Waals surface area (Å²) in [5.41, 5.74) is 0.368.